The molecule has 132 valence electrons. The van der Waals surface area contributed by atoms with E-state index < -0.39 is 0 Å². The van der Waals surface area contributed by atoms with Gasteiger partial charge in [-0.05, 0) is 29.2 Å². The Morgan fingerprint density at radius 2 is 1.80 bits per heavy atom. The highest BCUT2D eigenvalue weighted by Crippen LogP contribution is 2.34. The lowest BCUT2D eigenvalue weighted by molar-refractivity contribution is -0.119. The molecule has 1 amide bonds. The highest BCUT2D eigenvalue weighted by Gasteiger charge is 2.37. The molecule has 0 unspecified atom stereocenters. The molecule has 1 heterocycles. The van der Waals surface area contributed by atoms with E-state index in [0.29, 0.717) is 18.7 Å². The summed E-state index contributed by atoms with van der Waals surface area (Å²) in [5, 5.41) is 9.68. The van der Waals surface area contributed by atoms with E-state index in [9.17, 15) is 9.90 Å². The lowest BCUT2D eigenvalue weighted by Gasteiger charge is -2.43. The predicted octanol–water partition coefficient (Wildman–Crippen LogP) is 4.02. The predicted molar refractivity (Wildman–Crippen MR) is 97.5 cm³/mol. The quantitative estimate of drug-likeness (QED) is 0.899. The van der Waals surface area contributed by atoms with Gasteiger partial charge in [0.2, 0.25) is 0 Å². The molecular weight excluding hydrogens is 314 g/mol. The number of morpholine rings is 1. The lowest BCUT2D eigenvalue weighted by atomic mass is 9.87. The molecule has 0 spiro atoms. The summed E-state index contributed by atoms with van der Waals surface area (Å²) in [4.78, 5) is 14.8. The standard InChI is InChI=1S/C21H25NO3/c1-21(2,3)19-14-22(20(24)16-10-7-11-17(23)12-16)13-18(25-19)15-8-5-4-6-9-15/h4-12,18-19,23H,13-14H2,1-3H3/t18-,19+/m0/s1. The van der Waals surface area contributed by atoms with E-state index in [-0.39, 0.29) is 29.3 Å². The van der Waals surface area contributed by atoms with Crippen LogP contribution in [-0.4, -0.2) is 35.1 Å². The number of hydrogen-bond acceptors (Lipinski definition) is 3. The van der Waals surface area contributed by atoms with Gasteiger partial charge in [0.25, 0.3) is 5.91 Å². The number of carbonyl (C=O) groups excluding carboxylic acids is 1. The first-order chi connectivity index (χ1) is 11.8. The number of carbonyl (C=O) groups is 1. The summed E-state index contributed by atoms with van der Waals surface area (Å²) >= 11 is 0. The van der Waals surface area contributed by atoms with Gasteiger partial charge in [-0.15, -0.1) is 0 Å². The number of amides is 1. The van der Waals surface area contributed by atoms with Crippen molar-refractivity contribution in [2.24, 2.45) is 5.41 Å². The average molecular weight is 339 g/mol. The third-order valence-corrected chi connectivity index (χ3v) is 4.62. The molecule has 25 heavy (non-hydrogen) atoms. The first kappa shape index (κ1) is 17.5. The van der Waals surface area contributed by atoms with Crippen LogP contribution >= 0.6 is 0 Å². The van der Waals surface area contributed by atoms with Crippen molar-refractivity contribution in [3.8, 4) is 5.75 Å². The van der Waals surface area contributed by atoms with E-state index >= 15 is 0 Å². The summed E-state index contributed by atoms with van der Waals surface area (Å²) in [5.41, 5.74) is 1.50. The van der Waals surface area contributed by atoms with Crippen LogP contribution in [0, 0.1) is 5.41 Å². The zero-order valence-electron chi connectivity index (χ0n) is 15.0. The Balaban J connectivity index is 1.88. The average Bonchev–Trinajstić information content (AvgIpc) is 2.60. The number of hydrogen-bond donors (Lipinski definition) is 1. The Morgan fingerprint density at radius 3 is 2.44 bits per heavy atom. The largest absolute Gasteiger partial charge is 0.508 e. The van der Waals surface area contributed by atoms with Gasteiger partial charge in [0.1, 0.15) is 11.9 Å². The molecule has 0 saturated carbocycles. The van der Waals surface area contributed by atoms with Crippen LogP contribution in [0.25, 0.3) is 0 Å². The van der Waals surface area contributed by atoms with Crippen LogP contribution in [0.1, 0.15) is 42.8 Å². The summed E-state index contributed by atoms with van der Waals surface area (Å²) in [6, 6.07) is 16.5. The molecule has 1 fully saturated rings. The van der Waals surface area contributed by atoms with Crippen molar-refractivity contribution in [3.63, 3.8) is 0 Å². The Hall–Kier alpha value is -2.33. The Morgan fingerprint density at radius 1 is 1.08 bits per heavy atom. The van der Waals surface area contributed by atoms with Gasteiger partial charge >= 0.3 is 0 Å². The molecule has 0 bridgehead atoms. The van der Waals surface area contributed by atoms with Crippen molar-refractivity contribution in [1.29, 1.82) is 0 Å². The van der Waals surface area contributed by atoms with Crippen LogP contribution in [0.3, 0.4) is 0 Å². The normalized spacial score (nSPS) is 21.2. The SMILES string of the molecule is CC(C)(C)[C@H]1CN(C(=O)c2cccc(O)c2)C[C@@H](c2ccccc2)O1. The van der Waals surface area contributed by atoms with E-state index in [4.69, 9.17) is 4.74 Å². The molecule has 1 aliphatic heterocycles. The van der Waals surface area contributed by atoms with Gasteiger partial charge in [-0.3, -0.25) is 4.79 Å². The van der Waals surface area contributed by atoms with Crippen molar-refractivity contribution < 1.29 is 14.6 Å². The fourth-order valence-electron chi connectivity index (χ4n) is 3.08. The maximum absolute atomic E-state index is 13.0. The molecular formula is C21H25NO3. The first-order valence-electron chi connectivity index (χ1n) is 8.63. The molecule has 0 radical (unpaired) electrons. The molecule has 1 aliphatic rings. The molecule has 3 rings (SSSR count). The third kappa shape index (κ3) is 4.02. The van der Waals surface area contributed by atoms with Crippen molar-refractivity contribution in [1.82, 2.24) is 4.90 Å². The number of phenolic OH excluding ortho intramolecular Hbond substituents is 1. The zero-order valence-corrected chi connectivity index (χ0v) is 15.0. The fraction of sp³-hybridized carbons (Fsp3) is 0.381. The Kier molecular flexibility index (Phi) is 4.82. The second kappa shape index (κ2) is 6.89. The molecule has 0 aromatic heterocycles. The molecule has 2 aromatic carbocycles. The Labute approximate surface area is 149 Å². The maximum Gasteiger partial charge on any atom is 0.254 e. The van der Waals surface area contributed by atoms with Crippen molar-refractivity contribution in [2.75, 3.05) is 13.1 Å². The minimum atomic E-state index is -0.152. The second-order valence-electron chi connectivity index (χ2n) is 7.65. The lowest BCUT2D eigenvalue weighted by Crippen LogP contribution is -2.51. The minimum absolute atomic E-state index is 0.0623. The van der Waals surface area contributed by atoms with E-state index in [2.05, 4.69) is 20.8 Å². The van der Waals surface area contributed by atoms with Gasteiger partial charge < -0.3 is 14.7 Å². The van der Waals surface area contributed by atoms with E-state index in [1.54, 1.807) is 18.2 Å². The number of benzene rings is 2. The highest BCUT2D eigenvalue weighted by atomic mass is 16.5. The summed E-state index contributed by atoms with van der Waals surface area (Å²) in [6.45, 7) is 7.43. The van der Waals surface area contributed by atoms with Crippen molar-refractivity contribution >= 4 is 5.91 Å². The third-order valence-electron chi connectivity index (χ3n) is 4.62. The molecule has 2 atom stereocenters. The maximum atomic E-state index is 13.0. The van der Waals surface area contributed by atoms with Gasteiger partial charge in [-0.25, -0.2) is 0 Å². The van der Waals surface area contributed by atoms with Gasteiger partial charge in [0.15, 0.2) is 0 Å². The van der Waals surface area contributed by atoms with Gasteiger partial charge in [0.05, 0.1) is 12.6 Å². The van der Waals surface area contributed by atoms with Crippen LogP contribution in [0.15, 0.2) is 54.6 Å². The second-order valence-corrected chi connectivity index (χ2v) is 7.65. The van der Waals surface area contributed by atoms with Crippen LogP contribution < -0.4 is 0 Å². The highest BCUT2D eigenvalue weighted by molar-refractivity contribution is 5.94. The number of ether oxygens (including phenoxy) is 1. The fourth-order valence-corrected chi connectivity index (χ4v) is 3.08. The molecule has 1 N–H and O–H groups in total. The molecule has 4 heteroatoms. The summed E-state index contributed by atoms with van der Waals surface area (Å²) in [7, 11) is 0. The Bertz CT molecular complexity index is 736. The topological polar surface area (TPSA) is 49.8 Å². The van der Waals surface area contributed by atoms with Crippen LogP contribution in [0.4, 0.5) is 0 Å². The van der Waals surface area contributed by atoms with E-state index in [1.807, 2.05) is 35.2 Å². The van der Waals surface area contributed by atoms with Gasteiger partial charge in [0, 0.05) is 12.1 Å². The molecule has 1 saturated heterocycles. The molecule has 0 aliphatic carbocycles. The number of aromatic hydroxyl groups is 1. The summed E-state index contributed by atoms with van der Waals surface area (Å²) in [6.07, 6.45) is -0.215. The number of nitrogens with zero attached hydrogens (tertiary/aromatic N) is 1. The minimum Gasteiger partial charge on any atom is -0.508 e. The van der Waals surface area contributed by atoms with Crippen molar-refractivity contribution in [2.45, 2.75) is 33.0 Å². The van der Waals surface area contributed by atoms with Gasteiger partial charge in [-0.1, -0.05) is 57.2 Å². The van der Waals surface area contributed by atoms with Crippen LogP contribution in [0.2, 0.25) is 0 Å². The summed E-state index contributed by atoms with van der Waals surface area (Å²) in [5.74, 6) is 0.0282. The monoisotopic (exact) mass is 339 g/mol. The van der Waals surface area contributed by atoms with Crippen LogP contribution in [0.5, 0.6) is 5.75 Å². The number of rotatable bonds is 2. The van der Waals surface area contributed by atoms with E-state index in [0.717, 1.165) is 5.56 Å². The van der Waals surface area contributed by atoms with Crippen LogP contribution in [-0.2, 0) is 4.74 Å². The first-order valence-corrected chi connectivity index (χ1v) is 8.63. The smallest absolute Gasteiger partial charge is 0.254 e. The van der Waals surface area contributed by atoms with E-state index in [1.165, 1.54) is 6.07 Å². The molecule has 2 aromatic rings. The van der Waals surface area contributed by atoms with Gasteiger partial charge in [-0.2, -0.15) is 0 Å². The zero-order chi connectivity index (χ0) is 18.0. The molecule has 4 nitrogen and oxygen atoms in total. The van der Waals surface area contributed by atoms with Crippen molar-refractivity contribution in [3.05, 3.63) is 65.7 Å². The summed E-state index contributed by atoms with van der Waals surface area (Å²) < 4.78 is 6.33. The number of phenols is 1.